The van der Waals surface area contributed by atoms with Gasteiger partial charge in [0.15, 0.2) is 0 Å². The van der Waals surface area contributed by atoms with Crippen molar-refractivity contribution < 1.29 is 4.39 Å². The maximum absolute atomic E-state index is 13.8. The molecule has 1 aromatic rings. The van der Waals surface area contributed by atoms with Gasteiger partial charge in [0.05, 0.1) is 0 Å². The second-order valence-electron chi connectivity index (χ2n) is 4.27. The first-order valence-corrected chi connectivity index (χ1v) is 5.78. The summed E-state index contributed by atoms with van der Waals surface area (Å²) in [5, 5.41) is 0. The SMILES string of the molecule is F/C(=C\c1ccccc1)C1CCCCC1. The van der Waals surface area contributed by atoms with Crippen molar-refractivity contribution in [3.05, 3.63) is 41.7 Å². The Morgan fingerprint density at radius 1 is 1.07 bits per heavy atom. The molecule has 0 spiro atoms. The standard InChI is InChI=1S/C14H17F/c15-14(13-9-5-2-6-10-13)11-12-7-3-1-4-8-12/h1,3-4,7-8,11,13H,2,5-6,9-10H2/b14-11-. The highest BCUT2D eigenvalue weighted by molar-refractivity contribution is 5.51. The first-order valence-electron chi connectivity index (χ1n) is 5.78. The Hall–Kier alpha value is -1.11. The van der Waals surface area contributed by atoms with Gasteiger partial charge < -0.3 is 0 Å². The predicted molar refractivity (Wildman–Crippen MR) is 62.1 cm³/mol. The maximum Gasteiger partial charge on any atom is 0.104 e. The molecular weight excluding hydrogens is 187 g/mol. The highest BCUT2D eigenvalue weighted by atomic mass is 19.1. The molecule has 1 saturated carbocycles. The number of allylic oxidation sites excluding steroid dienone is 1. The van der Waals surface area contributed by atoms with Crippen molar-refractivity contribution in [3.8, 4) is 0 Å². The van der Waals surface area contributed by atoms with E-state index < -0.39 is 0 Å². The fourth-order valence-corrected chi connectivity index (χ4v) is 2.20. The number of rotatable bonds is 2. The van der Waals surface area contributed by atoms with Crippen LogP contribution in [0.5, 0.6) is 0 Å². The van der Waals surface area contributed by atoms with E-state index in [2.05, 4.69) is 0 Å². The topological polar surface area (TPSA) is 0 Å². The van der Waals surface area contributed by atoms with Crippen LogP contribution in [0.2, 0.25) is 0 Å². The minimum absolute atomic E-state index is 0.0703. The summed E-state index contributed by atoms with van der Waals surface area (Å²) in [7, 11) is 0. The molecule has 0 bridgehead atoms. The van der Waals surface area contributed by atoms with Crippen LogP contribution in [-0.2, 0) is 0 Å². The summed E-state index contributed by atoms with van der Waals surface area (Å²) in [6.45, 7) is 0. The molecule has 1 aliphatic rings. The van der Waals surface area contributed by atoms with E-state index in [-0.39, 0.29) is 11.7 Å². The van der Waals surface area contributed by atoms with Gasteiger partial charge in [0, 0.05) is 5.92 Å². The van der Waals surface area contributed by atoms with Crippen LogP contribution in [0.3, 0.4) is 0 Å². The van der Waals surface area contributed by atoms with Crippen molar-refractivity contribution in [3.63, 3.8) is 0 Å². The molecule has 0 nitrogen and oxygen atoms in total. The van der Waals surface area contributed by atoms with E-state index in [9.17, 15) is 4.39 Å². The average molecular weight is 204 g/mol. The molecule has 0 radical (unpaired) electrons. The Balaban J connectivity index is 2.06. The van der Waals surface area contributed by atoms with Crippen molar-refractivity contribution in [2.75, 3.05) is 0 Å². The molecule has 0 aromatic heterocycles. The zero-order valence-corrected chi connectivity index (χ0v) is 8.95. The predicted octanol–water partition coefficient (Wildman–Crippen LogP) is 4.58. The zero-order valence-electron chi connectivity index (χ0n) is 8.95. The molecule has 2 rings (SSSR count). The van der Waals surface area contributed by atoms with E-state index >= 15 is 0 Å². The van der Waals surface area contributed by atoms with Crippen LogP contribution in [0, 0.1) is 5.92 Å². The average Bonchev–Trinajstić information content (AvgIpc) is 2.31. The van der Waals surface area contributed by atoms with Gasteiger partial charge in [-0.15, -0.1) is 0 Å². The van der Waals surface area contributed by atoms with Gasteiger partial charge in [-0.05, 0) is 24.5 Å². The third-order valence-electron chi connectivity index (χ3n) is 3.10. The number of hydrogen-bond donors (Lipinski definition) is 0. The molecule has 1 heteroatoms. The van der Waals surface area contributed by atoms with Gasteiger partial charge in [0.2, 0.25) is 0 Å². The van der Waals surface area contributed by atoms with Gasteiger partial charge in [-0.1, -0.05) is 49.6 Å². The fourth-order valence-electron chi connectivity index (χ4n) is 2.20. The molecular formula is C14H17F. The third-order valence-corrected chi connectivity index (χ3v) is 3.10. The van der Waals surface area contributed by atoms with E-state index in [1.54, 1.807) is 6.08 Å². The highest BCUT2D eigenvalue weighted by Crippen LogP contribution is 2.31. The first kappa shape index (κ1) is 10.4. The second kappa shape index (κ2) is 5.11. The summed E-state index contributed by atoms with van der Waals surface area (Å²) in [5.74, 6) is 0.250. The summed E-state index contributed by atoms with van der Waals surface area (Å²) in [6, 6.07) is 9.74. The van der Waals surface area contributed by atoms with Crippen molar-refractivity contribution in [1.82, 2.24) is 0 Å². The summed E-state index contributed by atoms with van der Waals surface area (Å²) in [5.41, 5.74) is 0.973. The largest absolute Gasteiger partial charge is 0.212 e. The number of hydrogen-bond acceptors (Lipinski definition) is 0. The number of benzene rings is 1. The molecule has 0 saturated heterocycles. The Labute approximate surface area is 90.8 Å². The molecule has 1 aromatic carbocycles. The molecule has 0 unspecified atom stereocenters. The van der Waals surface area contributed by atoms with Crippen molar-refractivity contribution in [1.29, 1.82) is 0 Å². The second-order valence-corrected chi connectivity index (χ2v) is 4.27. The molecule has 0 aliphatic heterocycles. The zero-order chi connectivity index (χ0) is 10.5. The van der Waals surface area contributed by atoms with E-state index in [1.165, 1.54) is 19.3 Å². The fraction of sp³-hybridized carbons (Fsp3) is 0.429. The van der Waals surface area contributed by atoms with Gasteiger partial charge in [0.25, 0.3) is 0 Å². The van der Waals surface area contributed by atoms with E-state index in [1.807, 2.05) is 30.3 Å². The number of halogens is 1. The molecule has 0 amide bonds. The van der Waals surface area contributed by atoms with Crippen LogP contribution in [0.4, 0.5) is 4.39 Å². The normalized spacial score (nSPS) is 19.1. The van der Waals surface area contributed by atoms with E-state index in [0.29, 0.717) is 0 Å². The Morgan fingerprint density at radius 2 is 1.73 bits per heavy atom. The summed E-state index contributed by atoms with van der Waals surface area (Å²) in [4.78, 5) is 0. The first-order chi connectivity index (χ1) is 7.36. The Bertz CT molecular complexity index is 320. The molecule has 0 atom stereocenters. The maximum atomic E-state index is 13.8. The molecule has 0 heterocycles. The van der Waals surface area contributed by atoms with Crippen LogP contribution in [-0.4, -0.2) is 0 Å². The lowest BCUT2D eigenvalue weighted by Crippen LogP contribution is -2.06. The summed E-state index contributed by atoms with van der Waals surface area (Å²) in [6.07, 6.45) is 7.37. The van der Waals surface area contributed by atoms with Crippen LogP contribution in [0.1, 0.15) is 37.7 Å². The Kier molecular flexibility index (Phi) is 3.54. The summed E-state index contributed by atoms with van der Waals surface area (Å²) >= 11 is 0. The molecule has 1 fully saturated rings. The van der Waals surface area contributed by atoms with E-state index in [0.717, 1.165) is 18.4 Å². The van der Waals surface area contributed by atoms with Gasteiger partial charge in [-0.3, -0.25) is 0 Å². The smallest absolute Gasteiger partial charge is 0.104 e. The molecule has 1 aliphatic carbocycles. The molecule has 0 N–H and O–H groups in total. The van der Waals surface area contributed by atoms with Gasteiger partial charge >= 0.3 is 0 Å². The third kappa shape index (κ3) is 2.92. The minimum atomic E-state index is 0.0703. The van der Waals surface area contributed by atoms with Gasteiger partial charge in [-0.2, -0.15) is 0 Å². The monoisotopic (exact) mass is 204 g/mol. The van der Waals surface area contributed by atoms with Gasteiger partial charge in [-0.25, -0.2) is 4.39 Å². The van der Waals surface area contributed by atoms with Crippen LogP contribution >= 0.6 is 0 Å². The van der Waals surface area contributed by atoms with Crippen molar-refractivity contribution in [2.24, 2.45) is 5.92 Å². The minimum Gasteiger partial charge on any atom is -0.212 e. The van der Waals surface area contributed by atoms with E-state index in [4.69, 9.17) is 0 Å². The van der Waals surface area contributed by atoms with Crippen LogP contribution in [0.25, 0.3) is 6.08 Å². The lowest BCUT2D eigenvalue weighted by Gasteiger charge is -2.19. The Morgan fingerprint density at radius 3 is 2.40 bits per heavy atom. The van der Waals surface area contributed by atoms with Crippen molar-refractivity contribution >= 4 is 6.08 Å². The molecule has 15 heavy (non-hydrogen) atoms. The van der Waals surface area contributed by atoms with Crippen LogP contribution < -0.4 is 0 Å². The van der Waals surface area contributed by atoms with Crippen LogP contribution in [0.15, 0.2) is 36.2 Å². The highest BCUT2D eigenvalue weighted by Gasteiger charge is 2.17. The van der Waals surface area contributed by atoms with Gasteiger partial charge in [0.1, 0.15) is 5.83 Å². The summed E-state index contributed by atoms with van der Waals surface area (Å²) < 4.78 is 13.8. The lowest BCUT2D eigenvalue weighted by atomic mass is 9.88. The quantitative estimate of drug-likeness (QED) is 0.661. The molecule has 80 valence electrons. The van der Waals surface area contributed by atoms with Crippen molar-refractivity contribution in [2.45, 2.75) is 32.1 Å². The lowest BCUT2D eigenvalue weighted by molar-refractivity contribution is 0.351.